The standard InChI is InChI=1S/C17H27BrN2O2/c1-5-19(6-2)11-12-20(17(21)14(4)22-7-3)16-10-8-9-15(18)13-16/h8-10,13-14H,5-7,11-12H2,1-4H3/t14-/m0/s1. The van der Waals surface area contributed by atoms with Crippen molar-refractivity contribution in [2.75, 3.05) is 37.7 Å². The lowest BCUT2D eigenvalue weighted by molar-refractivity contribution is -0.128. The van der Waals surface area contributed by atoms with Crippen LogP contribution in [-0.4, -0.2) is 49.7 Å². The minimum absolute atomic E-state index is 0.00658. The van der Waals surface area contributed by atoms with Crippen LogP contribution in [0.4, 0.5) is 5.69 Å². The average molecular weight is 371 g/mol. The van der Waals surface area contributed by atoms with Crippen LogP contribution in [0.3, 0.4) is 0 Å². The van der Waals surface area contributed by atoms with E-state index in [1.54, 1.807) is 0 Å². The lowest BCUT2D eigenvalue weighted by Gasteiger charge is -2.28. The number of nitrogens with zero attached hydrogens (tertiary/aromatic N) is 2. The zero-order valence-corrected chi connectivity index (χ0v) is 15.6. The predicted octanol–water partition coefficient (Wildman–Crippen LogP) is 3.55. The first-order valence-electron chi connectivity index (χ1n) is 7.94. The number of rotatable bonds is 9. The lowest BCUT2D eigenvalue weighted by atomic mass is 10.2. The summed E-state index contributed by atoms with van der Waals surface area (Å²) in [6, 6.07) is 7.84. The van der Waals surface area contributed by atoms with Crippen LogP contribution in [0.1, 0.15) is 27.7 Å². The molecule has 22 heavy (non-hydrogen) atoms. The summed E-state index contributed by atoms with van der Waals surface area (Å²) < 4.78 is 6.45. The molecular formula is C17H27BrN2O2. The van der Waals surface area contributed by atoms with E-state index in [-0.39, 0.29) is 5.91 Å². The summed E-state index contributed by atoms with van der Waals surface area (Å²) in [5.41, 5.74) is 0.901. The summed E-state index contributed by atoms with van der Waals surface area (Å²) in [5, 5.41) is 0. The van der Waals surface area contributed by atoms with Crippen LogP contribution in [0.15, 0.2) is 28.7 Å². The second kappa shape index (κ2) is 9.98. The number of amides is 1. The number of hydrogen-bond donors (Lipinski definition) is 0. The van der Waals surface area contributed by atoms with Crippen LogP contribution < -0.4 is 4.90 Å². The summed E-state index contributed by atoms with van der Waals surface area (Å²) in [6.07, 6.45) is -0.430. The molecule has 124 valence electrons. The number of benzene rings is 1. The van der Waals surface area contributed by atoms with E-state index in [0.717, 1.165) is 29.8 Å². The molecule has 0 saturated carbocycles. The van der Waals surface area contributed by atoms with Gasteiger partial charge in [-0.2, -0.15) is 0 Å². The highest BCUT2D eigenvalue weighted by Crippen LogP contribution is 2.21. The number of anilines is 1. The first-order chi connectivity index (χ1) is 10.5. The topological polar surface area (TPSA) is 32.8 Å². The van der Waals surface area contributed by atoms with E-state index in [4.69, 9.17) is 4.74 Å². The Hall–Kier alpha value is -0.910. The van der Waals surface area contributed by atoms with Gasteiger partial charge in [0, 0.05) is 29.9 Å². The molecule has 1 amide bonds. The fourth-order valence-electron chi connectivity index (χ4n) is 2.33. The highest BCUT2D eigenvalue weighted by atomic mass is 79.9. The van der Waals surface area contributed by atoms with Crippen molar-refractivity contribution in [3.8, 4) is 0 Å². The van der Waals surface area contributed by atoms with Gasteiger partial charge >= 0.3 is 0 Å². The summed E-state index contributed by atoms with van der Waals surface area (Å²) in [5.74, 6) is 0.00658. The highest BCUT2D eigenvalue weighted by molar-refractivity contribution is 9.10. The minimum Gasteiger partial charge on any atom is -0.369 e. The number of halogens is 1. The Labute approximate surface area is 142 Å². The second-order valence-electron chi connectivity index (χ2n) is 5.09. The Kier molecular flexibility index (Phi) is 8.68. The van der Waals surface area contributed by atoms with Crippen LogP contribution in [0.5, 0.6) is 0 Å². The minimum atomic E-state index is -0.430. The molecule has 1 atom stereocenters. The molecule has 0 radical (unpaired) electrons. The van der Waals surface area contributed by atoms with Crippen molar-refractivity contribution in [1.29, 1.82) is 0 Å². The summed E-state index contributed by atoms with van der Waals surface area (Å²) in [4.78, 5) is 16.8. The molecule has 0 unspecified atom stereocenters. The lowest BCUT2D eigenvalue weighted by Crippen LogP contribution is -2.43. The fourth-order valence-corrected chi connectivity index (χ4v) is 2.72. The van der Waals surface area contributed by atoms with E-state index >= 15 is 0 Å². The monoisotopic (exact) mass is 370 g/mol. The van der Waals surface area contributed by atoms with E-state index in [0.29, 0.717) is 13.2 Å². The van der Waals surface area contributed by atoms with Gasteiger partial charge in [0.05, 0.1) is 0 Å². The maximum Gasteiger partial charge on any atom is 0.255 e. The molecule has 1 rings (SSSR count). The molecule has 0 heterocycles. The largest absolute Gasteiger partial charge is 0.369 e. The summed E-state index contributed by atoms with van der Waals surface area (Å²) >= 11 is 3.48. The van der Waals surface area contributed by atoms with E-state index in [2.05, 4.69) is 34.7 Å². The fraction of sp³-hybridized carbons (Fsp3) is 0.588. The van der Waals surface area contributed by atoms with Crippen molar-refractivity contribution < 1.29 is 9.53 Å². The third kappa shape index (κ3) is 5.71. The quantitative estimate of drug-likeness (QED) is 0.666. The summed E-state index contributed by atoms with van der Waals surface area (Å²) in [6.45, 7) is 12.0. The summed E-state index contributed by atoms with van der Waals surface area (Å²) in [7, 11) is 0. The number of carbonyl (C=O) groups is 1. The zero-order valence-electron chi connectivity index (χ0n) is 14.0. The van der Waals surface area contributed by atoms with Gasteiger partial charge in [-0.15, -0.1) is 0 Å². The van der Waals surface area contributed by atoms with Gasteiger partial charge in [0.25, 0.3) is 5.91 Å². The van der Waals surface area contributed by atoms with Crippen molar-refractivity contribution in [2.45, 2.75) is 33.8 Å². The molecule has 0 fully saturated rings. The molecule has 5 heteroatoms. The average Bonchev–Trinajstić information content (AvgIpc) is 2.51. The maximum atomic E-state index is 12.7. The van der Waals surface area contributed by atoms with Crippen molar-refractivity contribution in [3.05, 3.63) is 28.7 Å². The molecule has 0 aliphatic rings. The Morgan fingerprint density at radius 2 is 1.91 bits per heavy atom. The normalized spacial score (nSPS) is 12.5. The number of hydrogen-bond acceptors (Lipinski definition) is 3. The predicted molar refractivity (Wildman–Crippen MR) is 95.4 cm³/mol. The molecule has 0 aliphatic heterocycles. The third-order valence-corrected chi connectivity index (χ3v) is 4.18. The number of likely N-dealkylation sites (N-methyl/N-ethyl adjacent to an activating group) is 1. The molecule has 1 aromatic rings. The van der Waals surface area contributed by atoms with Crippen molar-refractivity contribution in [1.82, 2.24) is 4.90 Å². The van der Waals surface area contributed by atoms with Crippen LogP contribution >= 0.6 is 15.9 Å². The molecule has 0 saturated heterocycles. The van der Waals surface area contributed by atoms with E-state index in [9.17, 15) is 4.79 Å². The smallest absolute Gasteiger partial charge is 0.255 e. The van der Waals surface area contributed by atoms with Gasteiger partial charge in [-0.3, -0.25) is 4.79 Å². The molecule has 1 aromatic carbocycles. The van der Waals surface area contributed by atoms with Crippen LogP contribution in [0.2, 0.25) is 0 Å². The van der Waals surface area contributed by atoms with Gasteiger partial charge in [-0.1, -0.05) is 35.8 Å². The molecule has 0 aromatic heterocycles. The molecule has 0 aliphatic carbocycles. The van der Waals surface area contributed by atoms with Gasteiger partial charge in [0.2, 0.25) is 0 Å². The Bertz CT molecular complexity index is 464. The van der Waals surface area contributed by atoms with Crippen molar-refractivity contribution >= 4 is 27.5 Å². The van der Waals surface area contributed by atoms with E-state index < -0.39 is 6.10 Å². The molecule has 0 bridgehead atoms. The number of ether oxygens (including phenoxy) is 1. The molecule has 0 N–H and O–H groups in total. The van der Waals surface area contributed by atoms with Gasteiger partial charge in [-0.25, -0.2) is 0 Å². The van der Waals surface area contributed by atoms with E-state index in [1.807, 2.05) is 43.0 Å². The molecule has 4 nitrogen and oxygen atoms in total. The van der Waals surface area contributed by atoms with Crippen LogP contribution in [-0.2, 0) is 9.53 Å². The van der Waals surface area contributed by atoms with Crippen molar-refractivity contribution in [3.63, 3.8) is 0 Å². The van der Waals surface area contributed by atoms with Gasteiger partial charge in [-0.05, 0) is 45.1 Å². The molecule has 0 spiro atoms. The van der Waals surface area contributed by atoms with Gasteiger partial charge in [0.1, 0.15) is 6.10 Å². The van der Waals surface area contributed by atoms with Gasteiger partial charge < -0.3 is 14.5 Å². The Morgan fingerprint density at radius 3 is 2.45 bits per heavy atom. The van der Waals surface area contributed by atoms with Crippen LogP contribution in [0, 0.1) is 0 Å². The zero-order chi connectivity index (χ0) is 16.5. The van der Waals surface area contributed by atoms with Crippen LogP contribution in [0.25, 0.3) is 0 Å². The highest BCUT2D eigenvalue weighted by Gasteiger charge is 2.22. The Morgan fingerprint density at radius 1 is 1.23 bits per heavy atom. The molecular weight excluding hydrogens is 344 g/mol. The number of carbonyl (C=O) groups excluding carboxylic acids is 1. The second-order valence-corrected chi connectivity index (χ2v) is 6.01. The Balaban J connectivity index is 2.92. The third-order valence-electron chi connectivity index (χ3n) is 3.68. The van der Waals surface area contributed by atoms with E-state index in [1.165, 1.54) is 0 Å². The maximum absolute atomic E-state index is 12.7. The first kappa shape index (κ1) is 19.1. The first-order valence-corrected chi connectivity index (χ1v) is 8.73. The SMILES string of the molecule is CCO[C@@H](C)C(=O)N(CCN(CC)CC)c1cccc(Br)c1. The van der Waals surface area contributed by atoms with Crippen molar-refractivity contribution in [2.24, 2.45) is 0 Å². The van der Waals surface area contributed by atoms with Gasteiger partial charge in [0.15, 0.2) is 0 Å².